The van der Waals surface area contributed by atoms with Gasteiger partial charge >= 0.3 is 0 Å². The zero-order valence-electron chi connectivity index (χ0n) is 34.1. The summed E-state index contributed by atoms with van der Waals surface area (Å²) in [5.74, 6) is 0. The largest absolute Gasteiger partial charge is 0.248 e. The second kappa shape index (κ2) is 16.3. The minimum atomic E-state index is 0.972. The minimum absolute atomic E-state index is 0.972. The van der Waals surface area contributed by atoms with Crippen molar-refractivity contribution in [2.45, 2.75) is 20.8 Å². The molecule has 2 aliphatic heterocycles. The van der Waals surface area contributed by atoms with E-state index >= 15 is 0 Å². The highest BCUT2D eigenvalue weighted by Gasteiger charge is 2.18. The van der Waals surface area contributed by atoms with Crippen LogP contribution in [0.5, 0.6) is 0 Å². The molecular formula is C55H37IN2S4. The van der Waals surface area contributed by atoms with Crippen LogP contribution >= 0.6 is 67.9 Å². The lowest BCUT2D eigenvalue weighted by molar-refractivity contribution is 1.33. The van der Waals surface area contributed by atoms with E-state index in [0.29, 0.717) is 0 Å². The van der Waals surface area contributed by atoms with Crippen LogP contribution in [0.4, 0.5) is 0 Å². The molecule has 7 heteroatoms. The van der Waals surface area contributed by atoms with Crippen LogP contribution in [-0.4, -0.2) is 9.97 Å². The normalized spacial score (nSPS) is 12.1. The highest BCUT2D eigenvalue weighted by atomic mass is 127. The smallest absolute Gasteiger partial charge is 0.0730 e. The third kappa shape index (κ3) is 7.46. The van der Waals surface area contributed by atoms with Crippen LogP contribution < -0.4 is 0 Å². The summed E-state index contributed by atoms with van der Waals surface area (Å²) in [7, 11) is 0. The SMILES string of the molecule is Cc1ccc(-c2c3nc(c(-c4ccc(C)cc4)c4ccc(s4)c4ccc(s4)c(-c4ccc(I)cc4)c4nc(c(-c5ccc(C)cc5)c5ccc(s5)c5ccc2s5)C=C4)C=C3)cc1. The maximum Gasteiger partial charge on any atom is 0.0730 e. The molecule has 12 bridgehead atoms. The van der Waals surface area contributed by atoms with Crippen molar-refractivity contribution in [1.29, 1.82) is 0 Å². The van der Waals surface area contributed by atoms with Gasteiger partial charge in [0.2, 0.25) is 0 Å². The van der Waals surface area contributed by atoms with Gasteiger partial charge in [0.25, 0.3) is 0 Å². The summed E-state index contributed by atoms with van der Waals surface area (Å²) < 4.78 is 10.9. The number of nitrogens with zero attached hydrogens (tertiary/aromatic N) is 2. The van der Waals surface area contributed by atoms with Crippen molar-refractivity contribution in [3.63, 3.8) is 0 Å². The molecule has 7 heterocycles. The zero-order valence-corrected chi connectivity index (χ0v) is 39.5. The molecule has 0 saturated carbocycles. The van der Waals surface area contributed by atoms with Crippen LogP contribution in [0.15, 0.2) is 146 Å². The predicted molar refractivity (Wildman–Crippen MR) is 283 cm³/mol. The Morgan fingerprint density at radius 1 is 0.290 bits per heavy atom. The molecule has 5 aromatic heterocycles. The Kier molecular flexibility index (Phi) is 10.3. The summed E-state index contributed by atoms with van der Waals surface area (Å²) in [5, 5.41) is 0. The Hall–Kier alpha value is -5.55. The van der Waals surface area contributed by atoms with Gasteiger partial charge in [0, 0.05) is 63.4 Å². The maximum atomic E-state index is 5.52. The third-order valence-corrected chi connectivity index (χ3v) is 16.9. The van der Waals surface area contributed by atoms with Crippen molar-refractivity contribution < 1.29 is 0 Å². The van der Waals surface area contributed by atoms with Crippen molar-refractivity contribution in [2.24, 2.45) is 0 Å². The van der Waals surface area contributed by atoms with E-state index < -0.39 is 0 Å². The van der Waals surface area contributed by atoms with Gasteiger partial charge < -0.3 is 0 Å². The van der Waals surface area contributed by atoms with Crippen molar-refractivity contribution in [3.8, 4) is 44.5 Å². The first-order valence-corrected chi connectivity index (χ1v) is 24.8. The number of hydrogen-bond donors (Lipinski definition) is 0. The van der Waals surface area contributed by atoms with Crippen LogP contribution in [0.25, 0.3) is 106 Å². The molecule has 9 aromatic rings. The number of aryl methyl sites for hydroxylation is 3. The van der Waals surface area contributed by atoms with Gasteiger partial charge in [0.15, 0.2) is 0 Å². The fourth-order valence-corrected chi connectivity index (χ4v) is 13.0. The fourth-order valence-electron chi connectivity index (χ4n) is 8.14. The highest BCUT2D eigenvalue weighted by Crippen LogP contribution is 2.43. The third-order valence-electron chi connectivity index (χ3n) is 11.4. The monoisotopic (exact) mass is 980 g/mol. The average Bonchev–Trinajstić information content (AvgIpc) is 4.14. The standard InChI is InChI=1S/C55H37IN2S4/c1-32-4-10-35(11-5-32)52-40-20-21-41(57-40)53(36-12-6-33(2)7-13-36)49-30-26-46(61-49)47-27-31-51(62-47)55(38-16-18-39(56)19-17-38)43-23-22-42(58-43)54(37-14-8-34(3)9-15-37)50-29-25-45(60-50)44-24-28-48(52)59-44/h4-31H,1-3H3. The molecule has 0 amide bonds. The average molecular weight is 981 g/mol. The van der Waals surface area contributed by atoms with E-state index in [1.165, 1.54) is 57.9 Å². The van der Waals surface area contributed by atoms with E-state index in [9.17, 15) is 0 Å². The Morgan fingerprint density at radius 2 is 0.516 bits per heavy atom. The van der Waals surface area contributed by atoms with E-state index in [1.807, 2.05) is 45.3 Å². The summed E-state index contributed by atoms with van der Waals surface area (Å²) in [4.78, 5) is 11.0. The van der Waals surface area contributed by atoms with Gasteiger partial charge in [-0.15, -0.1) is 45.3 Å². The van der Waals surface area contributed by atoms with Crippen LogP contribution in [0.3, 0.4) is 0 Å². The van der Waals surface area contributed by atoms with Crippen molar-refractivity contribution in [2.75, 3.05) is 0 Å². The van der Waals surface area contributed by atoms with Gasteiger partial charge in [-0.05, 0) is 151 Å². The molecule has 0 saturated heterocycles. The van der Waals surface area contributed by atoms with E-state index in [4.69, 9.17) is 9.97 Å². The van der Waals surface area contributed by atoms with Crippen molar-refractivity contribution in [1.82, 2.24) is 9.97 Å². The fraction of sp³-hybridized carbons (Fsp3) is 0.0545. The first-order chi connectivity index (χ1) is 30.3. The number of hydrogen-bond acceptors (Lipinski definition) is 6. The summed E-state index contributed by atoms with van der Waals surface area (Å²) >= 11 is 9.72. The second-order valence-corrected chi connectivity index (χ2v) is 21.3. The molecule has 0 fully saturated rings. The van der Waals surface area contributed by atoms with Crippen molar-refractivity contribution >= 4 is 130 Å². The Labute approximate surface area is 390 Å². The van der Waals surface area contributed by atoms with Crippen molar-refractivity contribution in [3.05, 3.63) is 189 Å². The van der Waals surface area contributed by atoms with Crippen LogP contribution in [0.2, 0.25) is 0 Å². The number of halogens is 1. The van der Waals surface area contributed by atoms with Gasteiger partial charge in [-0.2, -0.15) is 0 Å². The molecule has 2 aliphatic rings. The van der Waals surface area contributed by atoms with E-state index in [1.54, 1.807) is 0 Å². The number of fused-ring (bicyclic) bond motifs is 14. The summed E-state index contributed by atoms with van der Waals surface area (Å²) in [6.07, 6.45) is 8.84. The lowest BCUT2D eigenvalue weighted by atomic mass is 10.0. The summed E-state index contributed by atoms with van der Waals surface area (Å²) in [6.45, 7) is 6.44. The van der Waals surface area contributed by atoms with E-state index in [2.05, 4.69) is 213 Å². The number of thiophene rings is 4. The molecule has 0 aliphatic carbocycles. The zero-order chi connectivity index (χ0) is 41.9. The van der Waals surface area contributed by atoms with Gasteiger partial charge in [0.1, 0.15) is 0 Å². The van der Waals surface area contributed by atoms with Gasteiger partial charge in [0.05, 0.1) is 22.8 Å². The van der Waals surface area contributed by atoms with Gasteiger partial charge in [-0.1, -0.05) is 102 Å². The van der Waals surface area contributed by atoms with E-state index in [-0.39, 0.29) is 0 Å². The Bertz CT molecular complexity index is 3060. The first kappa shape index (κ1) is 39.3. The molecule has 4 aromatic carbocycles. The quantitative estimate of drug-likeness (QED) is 0.164. The Morgan fingerprint density at radius 3 is 0.774 bits per heavy atom. The van der Waals surface area contributed by atoms with E-state index in [0.717, 1.165) is 67.3 Å². The van der Waals surface area contributed by atoms with Crippen LogP contribution in [0.1, 0.15) is 39.5 Å². The maximum absolute atomic E-state index is 5.52. The van der Waals surface area contributed by atoms with Crippen LogP contribution in [0, 0.1) is 24.3 Å². The van der Waals surface area contributed by atoms with Gasteiger partial charge in [-0.3, -0.25) is 0 Å². The van der Waals surface area contributed by atoms with Crippen LogP contribution in [-0.2, 0) is 0 Å². The lowest BCUT2D eigenvalue weighted by Crippen LogP contribution is -1.86. The molecule has 62 heavy (non-hydrogen) atoms. The minimum Gasteiger partial charge on any atom is -0.248 e. The molecule has 11 rings (SSSR count). The number of rotatable bonds is 4. The molecule has 0 spiro atoms. The second-order valence-electron chi connectivity index (χ2n) is 15.7. The molecule has 0 unspecified atom stereocenters. The topological polar surface area (TPSA) is 25.8 Å². The Balaban J connectivity index is 1.28. The molecule has 0 atom stereocenters. The highest BCUT2D eigenvalue weighted by molar-refractivity contribution is 14.1. The first-order valence-electron chi connectivity index (χ1n) is 20.5. The van der Waals surface area contributed by atoms with Gasteiger partial charge in [-0.25, -0.2) is 9.97 Å². The molecule has 2 nitrogen and oxygen atoms in total. The predicted octanol–water partition coefficient (Wildman–Crippen LogP) is 17.9. The molecule has 298 valence electrons. The molecular weight excluding hydrogens is 944 g/mol. The number of benzene rings is 4. The summed E-state index contributed by atoms with van der Waals surface area (Å²) in [5.41, 5.74) is 16.8. The number of aromatic nitrogens is 2. The molecule has 0 N–H and O–H groups in total. The summed E-state index contributed by atoms with van der Waals surface area (Å²) in [6, 6.07) is 53.7. The lowest BCUT2D eigenvalue weighted by Gasteiger charge is -2.05. The molecule has 0 radical (unpaired) electrons.